The van der Waals surface area contributed by atoms with Gasteiger partial charge in [-0.1, -0.05) is 48.6 Å². The third-order valence-electron chi connectivity index (χ3n) is 2.58. The molecule has 0 saturated carbocycles. The maximum absolute atomic E-state index is 13.6. The van der Waals surface area contributed by atoms with E-state index in [1.165, 1.54) is 6.07 Å². The average molecular weight is 212 g/mol. The smallest absolute Gasteiger partial charge is 0.131 e. The van der Waals surface area contributed by atoms with E-state index in [9.17, 15) is 4.39 Å². The zero-order valence-electron chi connectivity index (χ0n) is 9.20. The lowest BCUT2D eigenvalue weighted by molar-refractivity contribution is 0.631. The Morgan fingerprint density at radius 3 is 2.38 bits per heavy atom. The third-order valence-corrected chi connectivity index (χ3v) is 2.58. The molecule has 0 nitrogen and oxygen atoms in total. The molecule has 1 heteroatoms. The van der Waals surface area contributed by atoms with Crippen LogP contribution in [0.25, 0.3) is 17.2 Å². The summed E-state index contributed by atoms with van der Waals surface area (Å²) in [6, 6.07) is 12.8. The van der Waals surface area contributed by atoms with Gasteiger partial charge in [0.2, 0.25) is 0 Å². The topological polar surface area (TPSA) is 0 Å². The van der Waals surface area contributed by atoms with Crippen molar-refractivity contribution in [1.82, 2.24) is 0 Å². The quantitative estimate of drug-likeness (QED) is 0.690. The van der Waals surface area contributed by atoms with Crippen molar-refractivity contribution < 1.29 is 4.39 Å². The van der Waals surface area contributed by atoms with Gasteiger partial charge < -0.3 is 0 Å². The maximum Gasteiger partial charge on any atom is 0.131 e. The third kappa shape index (κ3) is 2.03. The molecule has 2 aromatic rings. The van der Waals surface area contributed by atoms with Gasteiger partial charge in [0.15, 0.2) is 0 Å². The van der Waals surface area contributed by atoms with Gasteiger partial charge in [0.1, 0.15) is 5.82 Å². The number of halogens is 1. The van der Waals surface area contributed by atoms with Gasteiger partial charge in [-0.05, 0) is 30.2 Å². The highest BCUT2D eigenvalue weighted by Gasteiger charge is 2.04. The Hall–Kier alpha value is -1.89. The van der Waals surface area contributed by atoms with Crippen LogP contribution in [0.15, 0.2) is 49.0 Å². The summed E-state index contributed by atoms with van der Waals surface area (Å²) in [5.41, 5.74) is 3.64. The van der Waals surface area contributed by atoms with Crippen LogP contribution < -0.4 is 0 Å². The molecule has 0 aliphatic carbocycles. The minimum atomic E-state index is -0.183. The summed E-state index contributed by atoms with van der Waals surface area (Å²) in [6.45, 7) is 5.65. The molecule has 0 radical (unpaired) electrons. The Labute approximate surface area is 95.1 Å². The van der Waals surface area contributed by atoms with Crippen molar-refractivity contribution in [3.8, 4) is 11.1 Å². The Balaban J connectivity index is 2.49. The summed E-state index contributed by atoms with van der Waals surface area (Å²) in [5, 5.41) is 0. The van der Waals surface area contributed by atoms with Crippen molar-refractivity contribution in [3.63, 3.8) is 0 Å². The zero-order valence-corrected chi connectivity index (χ0v) is 9.20. The predicted molar refractivity (Wildman–Crippen MR) is 66.7 cm³/mol. The summed E-state index contributed by atoms with van der Waals surface area (Å²) in [7, 11) is 0. The first kappa shape index (κ1) is 10.6. The molecule has 0 N–H and O–H groups in total. The van der Waals surface area contributed by atoms with Crippen LogP contribution >= 0.6 is 0 Å². The molecule has 80 valence electrons. The van der Waals surface area contributed by atoms with Crippen LogP contribution in [0.5, 0.6) is 0 Å². The van der Waals surface area contributed by atoms with Gasteiger partial charge in [-0.15, -0.1) is 0 Å². The highest BCUT2D eigenvalue weighted by Crippen LogP contribution is 2.24. The van der Waals surface area contributed by atoms with Gasteiger partial charge in [-0.3, -0.25) is 0 Å². The molecule has 0 unspecified atom stereocenters. The van der Waals surface area contributed by atoms with E-state index in [1.807, 2.05) is 37.3 Å². The summed E-state index contributed by atoms with van der Waals surface area (Å²) in [5.74, 6) is -0.183. The number of rotatable bonds is 2. The Kier molecular flexibility index (Phi) is 2.86. The molecule has 0 fully saturated rings. The minimum Gasteiger partial charge on any atom is -0.206 e. The van der Waals surface area contributed by atoms with E-state index in [-0.39, 0.29) is 5.82 Å². The van der Waals surface area contributed by atoms with Crippen molar-refractivity contribution in [2.45, 2.75) is 6.92 Å². The van der Waals surface area contributed by atoms with Crippen molar-refractivity contribution in [2.24, 2.45) is 0 Å². The molecule has 0 bridgehead atoms. The molecule has 2 rings (SSSR count). The first-order valence-corrected chi connectivity index (χ1v) is 5.20. The minimum absolute atomic E-state index is 0.183. The molecule has 0 aliphatic heterocycles. The van der Waals surface area contributed by atoms with Crippen LogP contribution in [0.4, 0.5) is 4.39 Å². The predicted octanol–water partition coefficient (Wildman–Crippen LogP) is 4.44. The molecule has 16 heavy (non-hydrogen) atoms. The molecule has 0 aromatic heterocycles. The molecule has 0 amide bonds. The van der Waals surface area contributed by atoms with Crippen LogP contribution in [0, 0.1) is 12.7 Å². The normalized spacial score (nSPS) is 10.1. The Morgan fingerprint density at radius 2 is 1.75 bits per heavy atom. The standard InChI is InChI=1S/C15H13F/c1-3-12-5-7-13(8-6-12)14-10-11(2)4-9-15(14)16/h3-10H,1H2,2H3. The molecule has 0 atom stereocenters. The highest BCUT2D eigenvalue weighted by atomic mass is 19.1. The molecule has 0 heterocycles. The van der Waals surface area contributed by atoms with E-state index in [1.54, 1.807) is 12.1 Å². The molecule has 2 aromatic carbocycles. The molecule has 0 spiro atoms. The van der Waals surface area contributed by atoms with Gasteiger partial charge in [-0.25, -0.2) is 4.39 Å². The lowest BCUT2D eigenvalue weighted by Crippen LogP contribution is -1.85. The van der Waals surface area contributed by atoms with E-state index < -0.39 is 0 Å². The Morgan fingerprint density at radius 1 is 1.06 bits per heavy atom. The summed E-state index contributed by atoms with van der Waals surface area (Å²) in [6.07, 6.45) is 1.77. The van der Waals surface area contributed by atoms with Gasteiger partial charge in [0.05, 0.1) is 0 Å². The van der Waals surface area contributed by atoms with Gasteiger partial charge >= 0.3 is 0 Å². The van der Waals surface area contributed by atoms with Crippen LogP contribution in [0.1, 0.15) is 11.1 Å². The van der Waals surface area contributed by atoms with Crippen molar-refractivity contribution in [1.29, 1.82) is 0 Å². The van der Waals surface area contributed by atoms with Crippen LogP contribution in [-0.2, 0) is 0 Å². The lowest BCUT2D eigenvalue weighted by Gasteiger charge is -2.05. The summed E-state index contributed by atoms with van der Waals surface area (Å²) in [4.78, 5) is 0. The summed E-state index contributed by atoms with van der Waals surface area (Å²) >= 11 is 0. The van der Waals surface area contributed by atoms with E-state index in [0.717, 1.165) is 16.7 Å². The molecular weight excluding hydrogens is 199 g/mol. The molecule has 0 saturated heterocycles. The second kappa shape index (κ2) is 4.31. The fourth-order valence-corrected chi connectivity index (χ4v) is 1.66. The number of benzene rings is 2. The van der Waals surface area contributed by atoms with Crippen molar-refractivity contribution in [2.75, 3.05) is 0 Å². The van der Waals surface area contributed by atoms with Crippen LogP contribution in [0.2, 0.25) is 0 Å². The van der Waals surface area contributed by atoms with E-state index in [0.29, 0.717) is 5.56 Å². The number of hydrogen-bond donors (Lipinski definition) is 0. The van der Waals surface area contributed by atoms with E-state index >= 15 is 0 Å². The zero-order chi connectivity index (χ0) is 11.5. The first-order valence-electron chi connectivity index (χ1n) is 5.20. The second-order valence-electron chi connectivity index (χ2n) is 3.81. The monoisotopic (exact) mass is 212 g/mol. The SMILES string of the molecule is C=Cc1ccc(-c2cc(C)ccc2F)cc1. The lowest BCUT2D eigenvalue weighted by atomic mass is 10.0. The fourth-order valence-electron chi connectivity index (χ4n) is 1.66. The van der Waals surface area contributed by atoms with E-state index in [2.05, 4.69) is 6.58 Å². The maximum atomic E-state index is 13.6. The second-order valence-corrected chi connectivity index (χ2v) is 3.81. The van der Waals surface area contributed by atoms with E-state index in [4.69, 9.17) is 0 Å². The summed E-state index contributed by atoms with van der Waals surface area (Å²) < 4.78 is 13.6. The van der Waals surface area contributed by atoms with Crippen molar-refractivity contribution >= 4 is 6.08 Å². The number of aryl methyl sites for hydroxylation is 1. The first-order chi connectivity index (χ1) is 7.70. The van der Waals surface area contributed by atoms with Crippen LogP contribution in [-0.4, -0.2) is 0 Å². The molecule has 0 aliphatic rings. The van der Waals surface area contributed by atoms with Gasteiger partial charge in [-0.2, -0.15) is 0 Å². The van der Waals surface area contributed by atoms with Crippen LogP contribution in [0.3, 0.4) is 0 Å². The fraction of sp³-hybridized carbons (Fsp3) is 0.0667. The number of hydrogen-bond acceptors (Lipinski definition) is 0. The van der Waals surface area contributed by atoms with Gasteiger partial charge in [0.25, 0.3) is 0 Å². The largest absolute Gasteiger partial charge is 0.206 e. The highest BCUT2D eigenvalue weighted by molar-refractivity contribution is 5.66. The molecular formula is C15H13F. The van der Waals surface area contributed by atoms with Crippen molar-refractivity contribution in [3.05, 3.63) is 66.0 Å². The average Bonchev–Trinajstić information content (AvgIpc) is 2.32. The van der Waals surface area contributed by atoms with Gasteiger partial charge in [0, 0.05) is 5.56 Å². The Bertz CT molecular complexity index is 509.